The molecule has 0 bridgehead atoms. The van der Waals surface area contributed by atoms with Crippen LogP contribution in [0.5, 0.6) is 0 Å². The van der Waals surface area contributed by atoms with Crippen LogP contribution in [0.4, 0.5) is 0 Å². The molecule has 0 unspecified atom stereocenters. The van der Waals surface area contributed by atoms with Gasteiger partial charge in [0.15, 0.2) is 0 Å². The Morgan fingerprint density at radius 2 is 1.53 bits per heavy atom. The molecule has 5 nitrogen and oxygen atoms in total. The first kappa shape index (κ1) is 14.8. The lowest BCUT2D eigenvalue weighted by molar-refractivity contribution is 0.131. The van der Waals surface area contributed by atoms with Crippen LogP contribution in [0, 0.1) is 0 Å². The third-order valence-electron chi connectivity index (χ3n) is 1.33. The number of phosphoric ester groups is 1. The molecule has 15 heavy (non-hydrogen) atoms. The standard InChI is InChI=1S/C9H19O5P/c1-4-12-15(10,13-5-2)14-9-7-6-8-11-3/h6-7H,4-5,8-9H2,1-3H3/b7-6-. The summed E-state index contributed by atoms with van der Waals surface area (Å²) >= 11 is 0. The smallest absolute Gasteiger partial charge is 0.381 e. The molecule has 0 amide bonds. The quantitative estimate of drug-likeness (QED) is 0.456. The van der Waals surface area contributed by atoms with Crippen molar-refractivity contribution in [3.05, 3.63) is 12.2 Å². The van der Waals surface area contributed by atoms with Gasteiger partial charge in [0.1, 0.15) is 0 Å². The second-order valence-electron chi connectivity index (χ2n) is 2.51. The molecule has 0 spiro atoms. The van der Waals surface area contributed by atoms with Gasteiger partial charge in [0.25, 0.3) is 0 Å². The summed E-state index contributed by atoms with van der Waals surface area (Å²) in [6.45, 7) is 4.72. The van der Waals surface area contributed by atoms with Gasteiger partial charge in [0.2, 0.25) is 0 Å². The minimum absolute atomic E-state index is 0.181. The van der Waals surface area contributed by atoms with Crippen LogP contribution < -0.4 is 0 Å². The van der Waals surface area contributed by atoms with Crippen molar-refractivity contribution in [1.82, 2.24) is 0 Å². The van der Waals surface area contributed by atoms with Gasteiger partial charge < -0.3 is 4.74 Å². The van der Waals surface area contributed by atoms with Gasteiger partial charge in [-0.05, 0) is 13.8 Å². The summed E-state index contributed by atoms with van der Waals surface area (Å²) in [4.78, 5) is 0. The molecule has 0 saturated heterocycles. The van der Waals surface area contributed by atoms with Crippen LogP contribution in [0.15, 0.2) is 12.2 Å². The molecule has 0 aliphatic carbocycles. The van der Waals surface area contributed by atoms with E-state index < -0.39 is 7.82 Å². The molecular formula is C9H19O5P. The van der Waals surface area contributed by atoms with E-state index in [-0.39, 0.29) is 6.61 Å². The fourth-order valence-corrected chi connectivity index (χ4v) is 1.92. The molecule has 6 heteroatoms. The zero-order valence-corrected chi connectivity index (χ0v) is 10.4. The van der Waals surface area contributed by atoms with Gasteiger partial charge in [-0.1, -0.05) is 12.2 Å². The van der Waals surface area contributed by atoms with E-state index in [1.807, 2.05) is 0 Å². The monoisotopic (exact) mass is 238 g/mol. The number of hydrogen-bond donors (Lipinski definition) is 0. The van der Waals surface area contributed by atoms with Crippen LogP contribution >= 0.6 is 7.82 Å². The highest BCUT2D eigenvalue weighted by Gasteiger charge is 2.24. The molecule has 0 aromatic carbocycles. The maximum atomic E-state index is 11.7. The average Bonchev–Trinajstić information content (AvgIpc) is 2.18. The van der Waals surface area contributed by atoms with E-state index in [1.54, 1.807) is 33.1 Å². The van der Waals surface area contributed by atoms with Crippen LogP contribution in [-0.4, -0.2) is 33.5 Å². The Labute approximate surface area is 91.0 Å². The Bertz CT molecular complexity index is 207. The van der Waals surface area contributed by atoms with E-state index in [2.05, 4.69) is 0 Å². The van der Waals surface area contributed by atoms with Crippen LogP contribution in [-0.2, 0) is 22.9 Å². The minimum atomic E-state index is -3.36. The van der Waals surface area contributed by atoms with E-state index >= 15 is 0 Å². The van der Waals surface area contributed by atoms with E-state index in [4.69, 9.17) is 18.3 Å². The van der Waals surface area contributed by atoms with Gasteiger partial charge >= 0.3 is 7.82 Å². The summed E-state index contributed by atoms with van der Waals surface area (Å²) in [5.41, 5.74) is 0. The highest BCUT2D eigenvalue weighted by molar-refractivity contribution is 7.48. The Hall–Kier alpha value is -0.190. The van der Waals surface area contributed by atoms with Crippen molar-refractivity contribution in [2.75, 3.05) is 33.5 Å². The highest BCUT2D eigenvalue weighted by atomic mass is 31.2. The molecule has 90 valence electrons. The zero-order valence-electron chi connectivity index (χ0n) is 9.47. The molecule has 0 atom stereocenters. The lowest BCUT2D eigenvalue weighted by atomic mass is 10.5. The van der Waals surface area contributed by atoms with Crippen molar-refractivity contribution in [3.8, 4) is 0 Å². The van der Waals surface area contributed by atoms with Crippen LogP contribution in [0.2, 0.25) is 0 Å². The first-order valence-electron chi connectivity index (χ1n) is 4.86. The molecule has 0 N–H and O–H groups in total. The topological polar surface area (TPSA) is 54.0 Å². The first-order valence-corrected chi connectivity index (χ1v) is 6.32. The van der Waals surface area contributed by atoms with E-state index in [9.17, 15) is 4.57 Å². The maximum absolute atomic E-state index is 11.7. The number of hydrogen-bond acceptors (Lipinski definition) is 5. The molecule has 0 fully saturated rings. The Morgan fingerprint density at radius 3 is 2.00 bits per heavy atom. The number of methoxy groups -OCH3 is 1. The largest absolute Gasteiger partial charge is 0.475 e. The predicted octanol–water partition coefficient (Wildman–Crippen LogP) is 2.39. The lowest BCUT2D eigenvalue weighted by Crippen LogP contribution is -2.00. The Balaban J connectivity index is 3.90. The van der Waals surface area contributed by atoms with Crippen molar-refractivity contribution in [2.45, 2.75) is 13.8 Å². The second-order valence-corrected chi connectivity index (χ2v) is 4.17. The molecule has 0 rings (SSSR count). The molecule has 0 aliphatic heterocycles. The molecule has 0 aliphatic rings. The zero-order chi connectivity index (χ0) is 11.6. The van der Waals surface area contributed by atoms with E-state index in [0.29, 0.717) is 19.8 Å². The predicted molar refractivity (Wildman–Crippen MR) is 57.8 cm³/mol. The van der Waals surface area contributed by atoms with Gasteiger partial charge in [-0.3, -0.25) is 13.6 Å². The van der Waals surface area contributed by atoms with Crippen LogP contribution in [0.25, 0.3) is 0 Å². The number of rotatable bonds is 9. The van der Waals surface area contributed by atoms with Gasteiger partial charge in [0.05, 0.1) is 26.4 Å². The number of ether oxygens (including phenoxy) is 1. The van der Waals surface area contributed by atoms with Crippen molar-refractivity contribution in [1.29, 1.82) is 0 Å². The summed E-state index contributed by atoms with van der Waals surface area (Å²) in [6, 6.07) is 0. The summed E-state index contributed by atoms with van der Waals surface area (Å²) in [5, 5.41) is 0. The van der Waals surface area contributed by atoms with Crippen LogP contribution in [0.3, 0.4) is 0 Å². The fourth-order valence-electron chi connectivity index (χ4n) is 0.795. The minimum Gasteiger partial charge on any atom is -0.381 e. The second kappa shape index (κ2) is 9.07. The average molecular weight is 238 g/mol. The maximum Gasteiger partial charge on any atom is 0.475 e. The molecular weight excluding hydrogens is 219 g/mol. The van der Waals surface area contributed by atoms with Gasteiger partial charge in [-0.25, -0.2) is 4.57 Å². The first-order chi connectivity index (χ1) is 7.18. The van der Waals surface area contributed by atoms with E-state index in [1.165, 1.54) is 0 Å². The van der Waals surface area contributed by atoms with Crippen molar-refractivity contribution >= 4 is 7.82 Å². The summed E-state index contributed by atoms with van der Waals surface area (Å²) in [6.07, 6.45) is 3.47. The Morgan fingerprint density at radius 1 is 1.00 bits per heavy atom. The molecule has 0 saturated carbocycles. The third kappa shape index (κ3) is 7.71. The molecule has 0 aromatic rings. The summed E-state index contributed by atoms with van der Waals surface area (Å²) in [7, 11) is -1.77. The normalized spacial score (nSPS) is 12.5. The highest BCUT2D eigenvalue weighted by Crippen LogP contribution is 2.48. The van der Waals surface area contributed by atoms with Crippen molar-refractivity contribution in [2.24, 2.45) is 0 Å². The number of phosphoric acid groups is 1. The van der Waals surface area contributed by atoms with Gasteiger partial charge in [0, 0.05) is 7.11 Å². The van der Waals surface area contributed by atoms with Crippen LogP contribution in [0.1, 0.15) is 13.8 Å². The molecule has 0 heterocycles. The molecule has 0 aromatic heterocycles. The summed E-state index contributed by atoms with van der Waals surface area (Å²) < 4.78 is 31.4. The van der Waals surface area contributed by atoms with Gasteiger partial charge in [-0.2, -0.15) is 0 Å². The third-order valence-corrected chi connectivity index (χ3v) is 2.95. The molecule has 0 radical (unpaired) electrons. The SMILES string of the molecule is CCOP(=O)(OCC)OC/C=C\COC. The lowest BCUT2D eigenvalue weighted by Gasteiger charge is -2.14. The summed E-state index contributed by atoms with van der Waals surface area (Å²) in [5.74, 6) is 0. The van der Waals surface area contributed by atoms with Gasteiger partial charge in [-0.15, -0.1) is 0 Å². The Kier molecular flexibility index (Phi) is 8.95. The fraction of sp³-hybridized carbons (Fsp3) is 0.778. The van der Waals surface area contributed by atoms with Crippen molar-refractivity contribution < 1.29 is 22.9 Å². The van der Waals surface area contributed by atoms with Crippen molar-refractivity contribution in [3.63, 3.8) is 0 Å². The van der Waals surface area contributed by atoms with E-state index in [0.717, 1.165) is 0 Å².